The molecule has 0 heterocycles. The van der Waals surface area contributed by atoms with E-state index in [0.717, 1.165) is 4.47 Å². The summed E-state index contributed by atoms with van der Waals surface area (Å²) in [6.45, 7) is 5.25. The van der Waals surface area contributed by atoms with Gasteiger partial charge in [-0.25, -0.2) is 0 Å². The van der Waals surface area contributed by atoms with E-state index < -0.39 is 10.8 Å². The highest BCUT2D eigenvalue weighted by Crippen LogP contribution is 2.22. The van der Waals surface area contributed by atoms with Crippen LogP contribution in [-0.2, 0) is 4.79 Å². The number of ketones is 2. The van der Waals surface area contributed by atoms with Crippen molar-refractivity contribution in [1.29, 1.82) is 0 Å². The number of carbonyl (C=O) groups excluding carboxylic acids is 2. The third-order valence-corrected chi connectivity index (χ3v) is 3.25. The molecule has 0 aliphatic heterocycles. The Balaban J connectivity index is 2.91. The van der Waals surface area contributed by atoms with Crippen LogP contribution in [0.1, 0.15) is 31.1 Å². The number of carbonyl (C=O) groups is 2. The van der Waals surface area contributed by atoms with Crippen molar-refractivity contribution in [2.75, 3.05) is 0 Å². The number of hydrogen-bond donors (Lipinski definition) is 0. The van der Waals surface area contributed by atoms with Crippen molar-refractivity contribution in [3.05, 3.63) is 34.3 Å². The van der Waals surface area contributed by atoms with Crippen molar-refractivity contribution in [2.45, 2.75) is 26.1 Å². The first-order valence-corrected chi connectivity index (χ1v) is 6.44. The molecule has 0 spiro atoms. The molecule has 1 unspecified atom stereocenters. The van der Waals surface area contributed by atoms with E-state index >= 15 is 0 Å². The fourth-order valence-corrected chi connectivity index (χ4v) is 1.98. The van der Waals surface area contributed by atoms with Gasteiger partial charge in [0.25, 0.3) is 0 Å². The summed E-state index contributed by atoms with van der Waals surface area (Å²) in [5.41, 5.74) is -0.164. The molecular formula is C13H14BrClO2. The molecule has 0 aromatic heterocycles. The Hall–Kier alpha value is -0.670. The van der Waals surface area contributed by atoms with Crippen molar-refractivity contribution in [3.8, 4) is 0 Å². The highest BCUT2D eigenvalue weighted by molar-refractivity contribution is 9.10. The van der Waals surface area contributed by atoms with Crippen LogP contribution in [0.25, 0.3) is 0 Å². The Morgan fingerprint density at radius 2 is 1.65 bits per heavy atom. The van der Waals surface area contributed by atoms with Gasteiger partial charge in [-0.15, -0.1) is 11.6 Å². The van der Waals surface area contributed by atoms with Crippen LogP contribution in [-0.4, -0.2) is 16.9 Å². The highest BCUT2D eigenvalue weighted by Gasteiger charge is 2.33. The number of hydrogen-bond acceptors (Lipinski definition) is 2. The molecule has 0 saturated carbocycles. The predicted octanol–water partition coefficient (Wildman–Crippen LogP) is 3.85. The Morgan fingerprint density at radius 1 is 1.18 bits per heavy atom. The molecule has 0 aliphatic carbocycles. The van der Waals surface area contributed by atoms with E-state index in [9.17, 15) is 9.59 Å². The third-order valence-electron chi connectivity index (χ3n) is 2.33. The lowest BCUT2D eigenvalue weighted by Gasteiger charge is -2.19. The molecule has 0 aliphatic rings. The zero-order valence-electron chi connectivity index (χ0n) is 9.96. The Bertz CT molecular complexity index is 432. The van der Waals surface area contributed by atoms with E-state index in [2.05, 4.69) is 15.9 Å². The standard InChI is InChI=1S/C13H14BrClO2/c1-13(2,3)12(17)10(15)11(16)8-4-6-9(14)7-5-8/h4-7,10H,1-3H3. The van der Waals surface area contributed by atoms with Gasteiger partial charge in [-0.05, 0) is 12.1 Å². The van der Waals surface area contributed by atoms with Gasteiger partial charge >= 0.3 is 0 Å². The van der Waals surface area contributed by atoms with E-state index in [0.29, 0.717) is 5.56 Å². The summed E-state index contributed by atoms with van der Waals surface area (Å²) in [6, 6.07) is 6.80. The van der Waals surface area contributed by atoms with Crippen LogP contribution in [0.4, 0.5) is 0 Å². The third kappa shape index (κ3) is 3.65. The summed E-state index contributed by atoms with van der Waals surface area (Å²) >= 11 is 9.21. The fraction of sp³-hybridized carbons (Fsp3) is 0.385. The van der Waals surface area contributed by atoms with Crippen LogP contribution in [0.5, 0.6) is 0 Å². The van der Waals surface area contributed by atoms with E-state index in [1.165, 1.54) is 0 Å². The topological polar surface area (TPSA) is 34.1 Å². The molecule has 1 atom stereocenters. The summed E-state index contributed by atoms with van der Waals surface area (Å²) in [7, 11) is 0. The maximum atomic E-state index is 12.0. The van der Waals surface area contributed by atoms with E-state index in [-0.39, 0.29) is 11.6 Å². The summed E-state index contributed by atoms with van der Waals surface area (Å²) < 4.78 is 0.877. The second kappa shape index (κ2) is 5.32. The summed E-state index contributed by atoms with van der Waals surface area (Å²) in [6.07, 6.45) is 0. The van der Waals surface area contributed by atoms with Gasteiger partial charge in [0.15, 0.2) is 16.9 Å². The Morgan fingerprint density at radius 3 is 2.06 bits per heavy atom. The predicted molar refractivity (Wildman–Crippen MR) is 72.6 cm³/mol. The molecule has 1 rings (SSSR count). The Labute approximate surface area is 114 Å². The number of alkyl halides is 1. The lowest BCUT2D eigenvalue weighted by molar-refractivity contribution is -0.125. The number of rotatable bonds is 3. The molecule has 92 valence electrons. The van der Waals surface area contributed by atoms with Crippen molar-refractivity contribution < 1.29 is 9.59 Å². The first-order valence-electron chi connectivity index (χ1n) is 5.21. The van der Waals surface area contributed by atoms with Crippen LogP contribution in [0.15, 0.2) is 28.7 Å². The molecule has 0 radical (unpaired) electrons. The van der Waals surface area contributed by atoms with Gasteiger partial charge in [0, 0.05) is 15.5 Å². The first-order chi connectivity index (χ1) is 7.73. The zero-order chi connectivity index (χ0) is 13.2. The normalized spacial score (nSPS) is 13.2. The molecule has 0 bridgehead atoms. The van der Waals surface area contributed by atoms with E-state index in [1.54, 1.807) is 45.0 Å². The molecule has 4 heteroatoms. The SMILES string of the molecule is CC(C)(C)C(=O)C(Cl)C(=O)c1ccc(Br)cc1. The van der Waals surface area contributed by atoms with Crippen LogP contribution in [0, 0.1) is 5.41 Å². The van der Waals surface area contributed by atoms with Crippen molar-refractivity contribution in [1.82, 2.24) is 0 Å². The van der Waals surface area contributed by atoms with Crippen LogP contribution in [0.2, 0.25) is 0 Å². The van der Waals surface area contributed by atoms with Gasteiger partial charge in [0.2, 0.25) is 0 Å². The lowest BCUT2D eigenvalue weighted by atomic mass is 9.86. The maximum Gasteiger partial charge on any atom is 0.188 e. The number of Topliss-reactive ketones (excluding diaryl/α,β-unsaturated/α-hetero) is 2. The van der Waals surface area contributed by atoms with Crippen LogP contribution >= 0.6 is 27.5 Å². The minimum Gasteiger partial charge on any atom is -0.297 e. The van der Waals surface area contributed by atoms with E-state index in [1.807, 2.05) is 0 Å². The quantitative estimate of drug-likeness (QED) is 0.482. The average molecular weight is 318 g/mol. The van der Waals surface area contributed by atoms with Crippen LogP contribution in [0.3, 0.4) is 0 Å². The van der Waals surface area contributed by atoms with E-state index in [4.69, 9.17) is 11.6 Å². The summed E-state index contributed by atoms with van der Waals surface area (Å²) in [5.74, 6) is -0.605. The second-order valence-electron chi connectivity index (χ2n) is 4.85. The number of halogens is 2. The van der Waals surface area contributed by atoms with Gasteiger partial charge in [-0.2, -0.15) is 0 Å². The maximum absolute atomic E-state index is 12.0. The largest absolute Gasteiger partial charge is 0.297 e. The van der Waals surface area contributed by atoms with Gasteiger partial charge in [0.1, 0.15) is 0 Å². The Kier molecular flexibility index (Phi) is 4.50. The summed E-state index contributed by atoms with van der Waals surface area (Å²) in [5, 5.41) is -1.11. The smallest absolute Gasteiger partial charge is 0.188 e. The first kappa shape index (κ1) is 14.4. The molecule has 2 nitrogen and oxygen atoms in total. The number of benzene rings is 1. The molecule has 0 amide bonds. The minimum atomic E-state index is -1.11. The molecule has 1 aromatic carbocycles. The van der Waals surface area contributed by atoms with Gasteiger partial charge < -0.3 is 0 Å². The zero-order valence-corrected chi connectivity index (χ0v) is 12.3. The molecule has 17 heavy (non-hydrogen) atoms. The molecule has 0 fully saturated rings. The van der Waals surface area contributed by atoms with Gasteiger partial charge in [-0.3, -0.25) is 9.59 Å². The lowest BCUT2D eigenvalue weighted by Crippen LogP contribution is -2.34. The van der Waals surface area contributed by atoms with Gasteiger partial charge in [0.05, 0.1) is 0 Å². The minimum absolute atomic E-state index is 0.257. The summed E-state index contributed by atoms with van der Waals surface area (Å²) in [4.78, 5) is 23.9. The van der Waals surface area contributed by atoms with Crippen molar-refractivity contribution >= 4 is 39.1 Å². The van der Waals surface area contributed by atoms with Gasteiger partial charge in [-0.1, -0.05) is 48.8 Å². The molecular weight excluding hydrogens is 303 g/mol. The molecule has 1 aromatic rings. The molecule has 0 saturated heterocycles. The van der Waals surface area contributed by atoms with Crippen molar-refractivity contribution in [2.24, 2.45) is 5.41 Å². The monoisotopic (exact) mass is 316 g/mol. The average Bonchev–Trinajstić information content (AvgIpc) is 2.26. The highest BCUT2D eigenvalue weighted by atomic mass is 79.9. The fourth-order valence-electron chi connectivity index (χ4n) is 1.26. The van der Waals surface area contributed by atoms with Crippen LogP contribution < -0.4 is 0 Å². The molecule has 0 N–H and O–H groups in total. The van der Waals surface area contributed by atoms with Crippen molar-refractivity contribution in [3.63, 3.8) is 0 Å². The second-order valence-corrected chi connectivity index (χ2v) is 6.20.